The number of aryl methyl sites for hydroxylation is 1. The average molecular weight is 352 g/mol. The van der Waals surface area contributed by atoms with Crippen LogP contribution in [0, 0.1) is 6.92 Å². The molecule has 0 bridgehead atoms. The lowest BCUT2D eigenvalue weighted by molar-refractivity contribution is 0.569. The van der Waals surface area contributed by atoms with Gasteiger partial charge < -0.3 is 9.73 Å². The fourth-order valence-electron chi connectivity index (χ4n) is 3.49. The normalized spacial score (nSPS) is 11.3. The molecule has 0 spiro atoms. The van der Waals surface area contributed by atoms with Gasteiger partial charge in [-0.2, -0.15) is 0 Å². The highest BCUT2D eigenvalue weighted by atomic mass is 16.4. The Kier molecular flexibility index (Phi) is 3.44. The lowest BCUT2D eigenvalue weighted by Crippen LogP contribution is -2.06. The summed E-state index contributed by atoms with van der Waals surface area (Å²) in [7, 11) is 0. The molecular weight excluding hydrogens is 336 g/mol. The number of fused-ring (bicyclic) bond motifs is 4. The summed E-state index contributed by atoms with van der Waals surface area (Å²) in [5.74, 6) is 0. The molecule has 27 heavy (non-hydrogen) atoms. The van der Waals surface area contributed by atoms with Crippen molar-refractivity contribution in [2.45, 2.75) is 6.92 Å². The number of nitrogens with zero attached hydrogens (tertiary/aromatic N) is 1. The Bertz CT molecular complexity index is 1390. The SMILES string of the molecule is Cc1ccccc1Nc1c2ccccc2nc2c1c(=O)oc1ccccc12. The number of benzene rings is 3. The molecule has 0 saturated carbocycles. The summed E-state index contributed by atoms with van der Waals surface area (Å²) in [4.78, 5) is 17.7. The van der Waals surface area contributed by atoms with Crippen LogP contribution in [0.1, 0.15) is 5.56 Å². The molecule has 0 aliphatic rings. The van der Waals surface area contributed by atoms with E-state index in [9.17, 15) is 4.79 Å². The first-order valence-corrected chi connectivity index (χ1v) is 8.79. The van der Waals surface area contributed by atoms with E-state index in [1.165, 1.54) is 0 Å². The van der Waals surface area contributed by atoms with Crippen LogP contribution in [0.5, 0.6) is 0 Å². The monoisotopic (exact) mass is 352 g/mol. The number of aromatic nitrogens is 1. The van der Waals surface area contributed by atoms with Crippen LogP contribution in [-0.4, -0.2) is 4.98 Å². The predicted octanol–water partition coefficient (Wildman–Crippen LogP) is 5.55. The second-order valence-electron chi connectivity index (χ2n) is 6.55. The second kappa shape index (κ2) is 5.95. The highest BCUT2D eigenvalue weighted by Gasteiger charge is 2.17. The molecule has 4 heteroatoms. The molecule has 1 N–H and O–H groups in total. The Hall–Kier alpha value is -3.66. The van der Waals surface area contributed by atoms with Crippen LogP contribution in [-0.2, 0) is 0 Å². The van der Waals surface area contributed by atoms with Gasteiger partial charge in [0.1, 0.15) is 11.0 Å². The van der Waals surface area contributed by atoms with Crippen LogP contribution >= 0.6 is 0 Å². The van der Waals surface area contributed by atoms with E-state index in [2.05, 4.69) is 5.32 Å². The lowest BCUT2D eigenvalue weighted by Gasteiger charge is -2.14. The zero-order chi connectivity index (χ0) is 18.4. The highest BCUT2D eigenvalue weighted by Crippen LogP contribution is 2.34. The van der Waals surface area contributed by atoms with Gasteiger partial charge in [0.25, 0.3) is 0 Å². The zero-order valence-electron chi connectivity index (χ0n) is 14.7. The second-order valence-corrected chi connectivity index (χ2v) is 6.55. The molecule has 5 rings (SSSR count). The van der Waals surface area contributed by atoms with Crippen molar-refractivity contribution in [1.82, 2.24) is 4.98 Å². The van der Waals surface area contributed by atoms with Gasteiger partial charge in [-0.05, 0) is 36.8 Å². The quantitative estimate of drug-likeness (QED) is 0.257. The molecule has 130 valence electrons. The first kappa shape index (κ1) is 15.6. The average Bonchev–Trinajstić information content (AvgIpc) is 2.69. The lowest BCUT2D eigenvalue weighted by atomic mass is 10.1. The fourth-order valence-corrected chi connectivity index (χ4v) is 3.49. The van der Waals surface area contributed by atoms with Gasteiger partial charge in [0.05, 0.1) is 16.7 Å². The maximum atomic E-state index is 12.9. The van der Waals surface area contributed by atoms with Gasteiger partial charge in [-0.1, -0.05) is 48.5 Å². The van der Waals surface area contributed by atoms with E-state index < -0.39 is 5.63 Å². The van der Waals surface area contributed by atoms with Crippen molar-refractivity contribution in [1.29, 1.82) is 0 Å². The van der Waals surface area contributed by atoms with Gasteiger partial charge in [-0.25, -0.2) is 9.78 Å². The van der Waals surface area contributed by atoms with Gasteiger partial charge >= 0.3 is 5.63 Å². The molecule has 0 unspecified atom stereocenters. The molecule has 0 fully saturated rings. The minimum Gasteiger partial charge on any atom is -0.422 e. The Labute approximate surface area is 155 Å². The third kappa shape index (κ3) is 2.46. The summed E-state index contributed by atoms with van der Waals surface area (Å²) in [6, 6.07) is 23.3. The van der Waals surface area contributed by atoms with Gasteiger partial charge in [0.2, 0.25) is 0 Å². The van der Waals surface area contributed by atoms with E-state index >= 15 is 0 Å². The summed E-state index contributed by atoms with van der Waals surface area (Å²) in [6.45, 7) is 2.03. The molecule has 0 radical (unpaired) electrons. The number of rotatable bonds is 2. The van der Waals surface area contributed by atoms with Crippen LogP contribution in [0.2, 0.25) is 0 Å². The van der Waals surface area contributed by atoms with Gasteiger partial charge in [0.15, 0.2) is 0 Å². The van der Waals surface area contributed by atoms with Crippen molar-refractivity contribution in [2.75, 3.05) is 5.32 Å². The van der Waals surface area contributed by atoms with E-state index in [4.69, 9.17) is 9.40 Å². The summed E-state index contributed by atoms with van der Waals surface area (Å²) < 4.78 is 5.60. The van der Waals surface area contributed by atoms with Crippen LogP contribution in [0.3, 0.4) is 0 Å². The maximum absolute atomic E-state index is 12.9. The molecule has 0 saturated heterocycles. The Morgan fingerprint density at radius 2 is 1.56 bits per heavy atom. The van der Waals surface area contributed by atoms with Gasteiger partial charge in [0, 0.05) is 16.5 Å². The standard InChI is InChI=1S/C23H16N2O2/c1-14-8-2-5-11-17(14)24-21-15-9-3-6-12-18(15)25-22-16-10-4-7-13-19(16)27-23(26)20(21)22/h2-13H,1H3,(H,24,25). The molecule has 2 heterocycles. The number of pyridine rings is 1. The number of hydrogen-bond donors (Lipinski definition) is 1. The minimum atomic E-state index is -0.391. The molecule has 5 aromatic rings. The number of nitrogens with one attached hydrogen (secondary N) is 1. The molecule has 3 aromatic carbocycles. The summed E-state index contributed by atoms with van der Waals surface area (Å²) in [5.41, 5.74) is 4.40. The van der Waals surface area contributed by atoms with Crippen molar-refractivity contribution < 1.29 is 4.42 Å². The van der Waals surface area contributed by atoms with E-state index in [0.29, 0.717) is 16.5 Å². The number of hydrogen-bond acceptors (Lipinski definition) is 4. The van der Waals surface area contributed by atoms with Crippen molar-refractivity contribution in [3.63, 3.8) is 0 Å². The minimum absolute atomic E-state index is 0.391. The van der Waals surface area contributed by atoms with Crippen molar-refractivity contribution in [3.8, 4) is 0 Å². The molecule has 0 atom stereocenters. The topological polar surface area (TPSA) is 55.1 Å². The van der Waals surface area contributed by atoms with Crippen molar-refractivity contribution >= 4 is 44.1 Å². The molecule has 2 aromatic heterocycles. The van der Waals surface area contributed by atoms with E-state index in [1.807, 2.05) is 73.7 Å². The molecule has 4 nitrogen and oxygen atoms in total. The van der Waals surface area contributed by atoms with Crippen LogP contribution in [0.4, 0.5) is 11.4 Å². The van der Waals surface area contributed by atoms with E-state index in [1.54, 1.807) is 6.07 Å². The Morgan fingerprint density at radius 3 is 2.41 bits per heavy atom. The van der Waals surface area contributed by atoms with Gasteiger partial charge in [-0.3, -0.25) is 0 Å². The first-order valence-electron chi connectivity index (χ1n) is 8.79. The fraction of sp³-hybridized carbons (Fsp3) is 0.0435. The first-order chi connectivity index (χ1) is 13.2. The van der Waals surface area contributed by atoms with Crippen LogP contribution in [0.25, 0.3) is 32.8 Å². The highest BCUT2D eigenvalue weighted by molar-refractivity contribution is 6.14. The van der Waals surface area contributed by atoms with Crippen molar-refractivity contribution in [3.05, 3.63) is 88.8 Å². The maximum Gasteiger partial charge on any atom is 0.347 e. The van der Waals surface area contributed by atoms with E-state index in [-0.39, 0.29) is 0 Å². The largest absolute Gasteiger partial charge is 0.422 e. The number of para-hydroxylation sites is 3. The van der Waals surface area contributed by atoms with E-state index in [0.717, 1.165) is 33.2 Å². The predicted molar refractivity (Wildman–Crippen MR) is 110 cm³/mol. The third-order valence-electron chi connectivity index (χ3n) is 4.85. The molecule has 0 aliphatic heterocycles. The molecule has 0 amide bonds. The number of anilines is 2. The smallest absolute Gasteiger partial charge is 0.347 e. The van der Waals surface area contributed by atoms with Crippen LogP contribution < -0.4 is 10.9 Å². The molecular formula is C23H16N2O2. The Morgan fingerprint density at radius 1 is 0.852 bits per heavy atom. The summed E-state index contributed by atoms with van der Waals surface area (Å²) in [5, 5.41) is 5.64. The van der Waals surface area contributed by atoms with Gasteiger partial charge in [-0.15, -0.1) is 0 Å². The van der Waals surface area contributed by atoms with Crippen LogP contribution in [0.15, 0.2) is 82.0 Å². The summed E-state index contributed by atoms with van der Waals surface area (Å²) >= 11 is 0. The zero-order valence-corrected chi connectivity index (χ0v) is 14.7. The third-order valence-corrected chi connectivity index (χ3v) is 4.85. The Balaban J connectivity index is 1.95. The molecule has 0 aliphatic carbocycles. The summed E-state index contributed by atoms with van der Waals surface area (Å²) in [6.07, 6.45) is 0. The van der Waals surface area contributed by atoms with Crippen molar-refractivity contribution in [2.24, 2.45) is 0 Å².